The van der Waals surface area contributed by atoms with Crippen LogP contribution in [-0.2, 0) is 6.42 Å². The molecule has 2 atom stereocenters. The zero-order chi connectivity index (χ0) is 15.1. The molecule has 2 unspecified atom stereocenters. The molecule has 0 saturated heterocycles. The van der Waals surface area contributed by atoms with Gasteiger partial charge >= 0.3 is 6.03 Å². The maximum absolute atomic E-state index is 12.1. The van der Waals surface area contributed by atoms with Gasteiger partial charge < -0.3 is 5.73 Å². The summed E-state index contributed by atoms with van der Waals surface area (Å²) >= 11 is 0. The normalized spacial score (nSPS) is 22.3. The van der Waals surface area contributed by atoms with Crippen LogP contribution in [0.2, 0.25) is 0 Å². The van der Waals surface area contributed by atoms with Gasteiger partial charge in [0, 0.05) is 0 Å². The summed E-state index contributed by atoms with van der Waals surface area (Å²) < 4.78 is 0. The van der Waals surface area contributed by atoms with Crippen molar-refractivity contribution in [1.82, 2.24) is 0 Å². The monoisotopic (exact) mass is 290 g/mol. The molecule has 3 heteroatoms. The van der Waals surface area contributed by atoms with Gasteiger partial charge in [0.2, 0.25) is 0 Å². The lowest BCUT2D eigenvalue weighted by Crippen LogP contribution is -2.32. The second kappa shape index (κ2) is 5.02. The molecule has 3 nitrogen and oxygen atoms in total. The van der Waals surface area contributed by atoms with Gasteiger partial charge in [0.15, 0.2) is 0 Å². The highest BCUT2D eigenvalue weighted by molar-refractivity contribution is 6.00. The van der Waals surface area contributed by atoms with Crippen LogP contribution < -0.4 is 10.6 Å². The number of amides is 2. The van der Waals surface area contributed by atoms with E-state index in [0.29, 0.717) is 11.8 Å². The van der Waals surface area contributed by atoms with Gasteiger partial charge in [-0.25, -0.2) is 4.79 Å². The summed E-state index contributed by atoms with van der Waals surface area (Å²) in [5, 5.41) is 0. The van der Waals surface area contributed by atoms with Crippen molar-refractivity contribution in [2.24, 2.45) is 11.7 Å². The van der Waals surface area contributed by atoms with E-state index >= 15 is 0 Å². The molecule has 1 heterocycles. The molecule has 2 aliphatic rings. The molecule has 0 fully saturated rings. The van der Waals surface area contributed by atoms with Crippen molar-refractivity contribution in [2.75, 3.05) is 4.90 Å². The zero-order valence-corrected chi connectivity index (χ0v) is 12.3. The van der Waals surface area contributed by atoms with Crippen molar-refractivity contribution in [3.63, 3.8) is 0 Å². The van der Waals surface area contributed by atoms with Crippen molar-refractivity contribution >= 4 is 17.4 Å². The van der Waals surface area contributed by atoms with Crippen LogP contribution in [-0.4, -0.2) is 6.03 Å². The van der Waals surface area contributed by atoms with Crippen molar-refractivity contribution < 1.29 is 4.79 Å². The smallest absolute Gasteiger partial charge is 0.323 e. The molecule has 0 saturated carbocycles. The summed E-state index contributed by atoms with van der Waals surface area (Å²) in [5.41, 5.74) is 9.94. The van der Waals surface area contributed by atoms with E-state index in [9.17, 15) is 4.79 Å². The Hall–Kier alpha value is -2.55. The first-order chi connectivity index (χ1) is 10.8. The number of fused-ring (bicyclic) bond motifs is 2. The van der Waals surface area contributed by atoms with Crippen LogP contribution in [0.1, 0.15) is 23.5 Å². The molecule has 1 aliphatic heterocycles. The van der Waals surface area contributed by atoms with Gasteiger partial charge in [0.05, 0.1) is 11.4 Å². The average Bonchev–Trinajstić information content (AvgIpc) is 2.60. The van der Waals surface area contributed by atoms with Gasteiger partial charge in [-0.1, -0.05) is 48.6 Å². The van der Waals surface area contributed by atoms with E-state index in [1.807, 2.05) is 36.4 Å². The highest BCUT2D eigenvalue weighted by Gasteiger charge is 2.33. The highest BCUT2D eigenvalue weighted by atomic mass is 16.2. The summed E-state index contributed by atoms with van der Waals surface area (Å²) in [7, 11) is 0. The number of primary amides is 1. The van der Waals surface area contributed by atoms with Gasteiger partial charge in [-0.3, -0.25) is 4.90 Å². The molecule has 2 amide bonds. The topological polar surface area (TPSA) is 46.3 Å². The minimum Gasteiger partial charge on any atom is -0.351 e. The fourth-order valence-electron chi connectivity index (χ4n) is 3.59. The van der Waals surface area contributed by atoms with E-state index in [4.69, 9.17) is 5.73 Å². The summed E-state index contributed by atoms with van der Waals surface area (Å²) in [6.07, 6.45) is 6.55. The third kappa shape index (κ3) is 1.93. The van der Waals surface area contributed by atoms with E-state index in [0.717, 1.165) is 24.2 Å². The number of carbonyl (C=O) groups is 1. The van der Waals surface area contributed by atoms with E-state index in [1.54, 1.807) is 4.90 Å². The number of rotatable bonds is 1. The van der Waals surface area contributed by atoms with Gasteiger partial charge in [0.25, 0.3) is 0 Å². The molecule has 2 aromatic rings. The Labute approximate surface area is 130 Å². The van der Waals surface area contributed by atoms with Crippen LogP contribution in [0, 0.1) is 5.92 Å². The molecule has 2 aromatic carbocycles. The Morgan fingerprint density at radius 3 is 2.41 bits per heavy atom. The number of carbonyl (C=O) groups excluding carboxylic acids is 1. The lowest BCUT2D eigenvalue weighted by atomic mass is 9.75. The van der Waals surface area contributed by atoms with Crippen molar-refractivity contribution in [2.45, 2.75) is 18.8 Å². The Bertz CT molecular complexity index is 766. The molecule has 1 aliphatic carbocycles. The molecule has 110 valence electrons. The number of anilines is 2. The number of hydrogen-bond donors (Lipinski definition) is 1. The second-order valence-electron chi connectivity index (χ2n) is 6.00. The summed E-state index contributed by atoms with van der Waals surface area (Å²) in [6.45, 7) is 0. The van der Waals surface area contributed by atoms with Crippen LogP contribution in [0.25, 0.3) is 0 Å². The quantitative estimate of drug-likeness (QED) is 0.789. The van der Waals surface area contributed by atoms with Gasteiger partial charge in [0.1, 0.15) is 0 Å². The molecule has 0 aromatic heterocycles. The maximum atomic E-state index is 12.1. The molecule has 2 N–H and O–H groups in total. The van der Waals surface area contributed by atoms with E-state index in [2.05, 4.69) is 24.3 Å². The molecule has 22 heavy (non-hydrogen) atoms. The van der Waals surface area contributed by atoms with Gasteiger partial charge in [-0.2, -0.15) is 0 Å². The third-order valence-corrected chi connectivity index (χ3v) is 4.78. The first-order valence-corrected chi connectivity index (χ1v) is 7.69. The highest BCUT2D eigenvalue weighted by Crippen LogP contribution is 2.46. The average molecular weight is 290 g/mol. The Morgan fingerprint density at radius 1 is 1.05 bits per heavy atom. The van der Waals surface area contributed by atoms with E-state index in [-0.39, 0.29) is 0 Å². The van der Waals surface area contributed by atoms with Gasteiger partial charge in [-0.05, 0) is 47.9 Å². The van der Waals surface area contributed by atoms with Crippen molar-refractivity contribution in [3.8, 4) is 0 Å². The predicted molar refractivity (Wildman–Crippen MR) is 88.3 cm³/mol. The van der Waals surface area contributed by atoms with E-state index in [1.165, 1.54) is 11.1 Å². The SMILES string of the molecule is NC(=O)N1c2ccccc2CC(C2C=CC2)c2ccccc21. The molecule has 0 bridgehead atoms. The number of para-hydroxylation sites is 2. The van der Waals surface area contributed by atoms with Crippen molar-refractivity contribution in [1.29, 1.82) is 0 Å². The summed E-state index contributed by atoms with van der Waals surface area (Å²) in [4.78, 5) is 13.8. The first-order valence-electron chi connectivity index (χ1n) is 7.69. The molecular weight excluding hydrogens is 272 g/mol. The van der Waals surface area contributed by atoms with Crippen LogP contribution >= 0.6 is 0 Å². The van der Waals surface area contributed by atoms with Gasteiger partial charge in [-0.15, -0.1) is 0 Å². The molecular formula is C19H18N2O. The van der Waals surface area contributed by atoms with Crippen LogP contribution in [0.15, 0.2) is 60.7 Å². The standard InChI is InChI=1S/C19H18N2O/c20-19(22)21-17-10-3-1-6-14(17)12-16(13-7-5-8-13)15-9-2-4-11-18(15)21/h1-7,9-11,13,16H,8,12H2,(H2,20,22). The minimum atomic E-state index is -0.426. The number of nitrogens with two attached hydrogens (primary N) is 1. The van der Waals surface area contributed by atoms with Crippen LogP contribution in [0.5, 0.6) is 0 Å². The maximum Gasteiger partial charge on any atom is 0.323 e. The number of hydrogen-bond acceptors (Lipinski definition) is 1. The summed E-state index contributed by atoms with van der Waals surface area (Å²) in [6, 6.07) is 15.8. The number of nitrogens with zero attached hydrogens (tertiary/aromatic N) is 1. The predicted octanol–water partition coefficient (Wildman–Crippen LogP) is 4.12. The molecule has 0 radical (unpaired) electrons. The third-order valence-electron chi connectivity index (χ3n) is 4.78. The minimum absolute atomic E-state index is 0.395. The second-order valence-corrected chi connectivity index (χ2v) is 6.00. The fraction of sp³-hybridized carbons (Fsp3) is 0.211. The number of benzene rings is 2. The first kappa shape index (κ1) is 13.1. The van der Waals surface area contributed by atoms with Crippen molar-refractivity contribution in [3.05, 3.63) is 71.8 Å². The zero-order valence-electron chi connectivity index (χ0n) is 12.3. The Kier molecular flexibility index (Phi) is 3.00. The number of urea groups is 1. The largest absolute Gasteiger partial charge is 0.351 e. The summed E-state index contributed by atoms with van der Waals surface area (Å²) in [5.74, 6) is 0.939. The van der Waals surface area contributed by atoms with E-state index < -0.39 is 6.03 Å². The lowest BCUT2D eigenvalue weighted by Gasteiger charge is -2.29. The fourth-order valence-corrected chi connectivity index (χ4v) is 3.59. The Morgan fingerprint density at radius 2 is 1.73 bits per heavy atom. The molecule has 0 spiro atoms. The van der Waals surface area contributed by atoms with Crippen LogP contribution in [0.4, 0.5) is 16.2 Å². The number of allylic oxidation sites excluding steroid dienone is 2. The molecule has 4 rings (SSSR count). The van der Waals surface area contributed by atoms with Crippen LogP contribution in [0.3, 0.4) is 0 Å². The Balaban J connectivity index is 1.95. The lowest BCUT2D eigenvalue weighted by molar-refractivity contribution is 0.256.